The highest BCUT2D eigenvalue weighted by atomic mass is 32.1. The summed E-state index contributed by atoms with van der Waals surface area (Å²) in [5.41, 5.74) is 3.26. The Morgan fingerprint density at radius 2 is 2.25 bits per heavy atom. The number of esters is 1. The van der Waals surface area contributed by atoms with Crippen molar-refractivity contribution in [2.45, 2.75) is 19.8 Å². The Labute approximate surface area is 123 Å². The SMILES string of the molecule is COC(=O)CCc1csc(N(C)c2cccc(C)c2)n1. The summed E-state index contributed by atoms with van der Waals surface area (Å²) in [4.78, 5) is 17.7. The molecule has 5 heteroatoms. The lowest BCUT2D eigenvalue weighted by Crippen LogP contribution is -2.09. The van der Waals surface area contributed by atoms with Gasteiger partial charge in [-0.25, -0.2) is 4.98 Å². The lowest BCUT2D eigenvalue weighted by atomic mass is 10.2. The fourth-order valence-corrected chi connectivity index (χ4v) is 2.69. The van der Waals surface area contributed by atoms with Crippen molar-refractivity contribution < 1.29 is 9.53 Å². The Morgan fingerprint density at radius 1 is 1.45 bits per heavy atom. The van der Waals surface area contributed by atoms with Gasteiger partial charge >= 0.3 is 5.97 Å². The van der Waals surface area contributed by atoms with Gasteiger partial charge in [0.2, 0.25) is 0 Å². The second kappa shape index (κ2) is 6.52. The van der Waals surface area contributed by atoms with Gasteiger partial charge in [-0.1, -0.05) is 12.1 Å². The van der Waals surface area contributed by atoms with E-state index in [1.165, 1.54) is 12.7 Å². The minimum absolute atomic E-state index is 0.202. The van der Waals surface area contributed by atoms with Crippen molar-refractivity contribution in [2.75, 3.05) is 19.1 Å². The van der Waals surface area contributed by atoms with Crippen LogP contribution in [0.4, 0.5) is 10.8 Å². The predicted octanol–water partition coefficient (Wildman–Crippen LogP) is 3.33. The third kappa shape index (κ3) is 3.57. The molecule has 0 atom stereocenters. The number of aryl methyl sites for hydroxylation is 2. The van der Waals surface area contributed by atoms with Gasteiger partial charge in [-0.15, -0.1) is 11.3 Å². The smallest absolute Gasteiger partial charge is 0.305 e. The number of aromatic nitrogens is 1. The standard InChI is InChI=1S/C15H18N2O2S/c1-11-5-4-6-13(9-11)17(2)15-16-12(10-20-15)7-8-14(18)19-3/h4-6,9-10H,7-8H2,1-3H3. The maximum Gasteiger partial charge on any atom is 0.305 e. The molecule has 0 fully saturated rings. The highest BCUT2D eigenvalue weighted by Crippen LogP contribution is 2.27. The Hall–Kier alpha value is -1.88. The highest BCUT2D eigenvalue weighted by molar-refractivity contribution is 7.13. The van der Waals surface area contributed by atoms with Crippen LogP contribution in [0.1, 0.15) is 17.7 Å². The molecule has 0 N–H and O–H groups in total. The minimum atomic E-state index is -0.202. The largest absolute Gasteiger partial charge is 0.469 e. The van der Waals surface area contributed by atoms with Gasteiger partial charge in [0.25, 0.3) is 0 Å². The van der Waals surface area contributed by atoms with Gasteiger partial charge < -0.3 is 9.64 Å². The van der Waals surface area contributed by atoms with Crippen molar-refractivity contribution in [1.29, 1.82) is 0 Å². The molecular formula is C15H18N2O2S. The monoisotopic (exact) mass is 290 g/mol. The van der Waals surface area contributed by atoms with Crippen LogP contribution in [0, 0.1) is 6.92 Å². The van der Waals surface area contributed by atoms with Gasteiger partial charge in [0.1, 0.15) is 0 Å². The van der Waals surface area contributed by atoms with Gasteiger partial charge in [0, 0.05) is 24.5 Å². The molecule has 1 aromatic carbocycles. The number of hydrogen-bond acceptors (Lipinski definition) is 5. The lowest BCUT2D eigenvalue weighted by molar-refractivity contribution is -0.140. The van der Waals surface area contributed by atoms with E-state index in [2.05, 4.69) is 39.7 Å². The first kappa shape index (κ1) is 14.5. The van der Waals surface area contributed by atoms with E-state index in [0.29, 0.717) is 12.8 Å². The summed E-state index contributed by atoms with van der Waals surface area (Å²) < 4.78 is 4.63. The van der Waals surface area contributed by atoms with Crippen LogP contribution in [0.15, 0.2) is 29.6 Å². The van der Waals surface area contributed by atoms with Gasteiger partial charge in [0.15, 0.2) is 5.13 Å². The van der Waals surface area contributed by atoms with E-state index in [-0.39, 0.29) is 5.97 Å². The molecule has 0 unspecified atom stereocenters. The van der Waals surface area contributed by atoms with Crippen LogP contribution in [0.25, 0.3) is 0 Å². The summed E-state index contributed by atoms with van der Waals surface area (Å²) in [6.07, 6.45) is 0.985. The van der Waals surface area contributed by atoms with Crippen LogP contribution in [0.3, 0.4) is 0 Å². The van der Waals surface area contributed by atoms with E-state index in [1.54, 1.807) is 11.3 Å². The number of carbonyl (C=O) groups excluding carboxylic acids is 1. The van der Waals surface area contributed by atoms with Gasteiger partial charge in [-0.05, 0) is 24.6 Å². The first-order chi connectivity index (χ1) is 9.60. The van der Waals surface area contributed by atoms with E-state index in [0.717, 1.165) is 16.5 Å². The third-order valence-electron chi connectivity index (χ3n) is 3.03. The maximum atomic E-state index is 11.1. The number of thiazole rings is 1. The molecule has 1 heterocycles. The topological polar surface area (TPSA) is 42.4 Å². The number of rotatable bonds is 5. The van der Waals surface area contributed by atoms with Gasteiger partial charge in [-0.2, -0.15) is 0 Å². The fourth-order valence-electron chi connectivity index (χ4n) is 1.84. The van der Waals surface area contributed by atoms with E-state index in [1.807, 2.05) is 18.5 Å². The molecule has 0 aliphatic carbocycles. The number of ether oxygens (including phenoxy) is 1. The van der Waals surface area contributed by atoms with Crippen LogP contribution in [-0.2, 0) is 16.0 Å². The molecule has 20 heavy (non-hydrogen) atoms. The first-order valence-corrected chi connectivity index (χ1v) is 7.29. The molecule has 0 spiro atoms. The number of nitrogens with zero attached hydrogens (tertiary/aromatic N) is 2. The normalized spacial score (nSPS) is 10.3. The van der Waals surface area contributed by atoms with Crippen LogP contribution in [0.2, 0.25) is 0 Å². The number of benzene rings is 1. The number of methoxy groups -OCH3 is 1. The fraction of sp³-hybridized carbons (Fsp3) is 0.333. The van der Waals surface area contributed by atoms with Crippen molar-refractivity contribution in [1.82, 2.24) is 4.98 Å². The number of carbonyl (C=O) groups is 1. The molecule has 0 amide bonds. The molecule has 106 valence electrons. The summed E-state index contributed by atoms with van der Waals surface area (Å²) in [5, 5.41) is 2.92. The molecule has 1 aromatic heterocycles. The molecule has 4 nitrogen and oxygen atoms in total. The van der Waals surface area contributed by atoms with E-state index in [9.17, 15) is 4.79 Å². The van der Waals surface area contributed by atoms with Gasteiger partial charge in [-0.3, -0.25) is 4.79 Å². The Kier molecular flexibility index (Phi) is 4.74. The summed E-state index contributed by atoms with van der Waals surface area (Å²) in [5.74, 6) is -0.202. The highest BCUT2D eigenvalue weighted by Gasteiger charge is 2.10. The molecular weight excluding hydrogens is 272 g/mol. The van der Waals surface area contributed by atoms with Gasteiger partial charge in [0.05, 0.1) is 19.2 Å². The zero-order chi connectivity index (χ0) is 14.5. The predicted molar refractivity (Wildman–Crippen MR) is 81.7 cm³/mol. The van der Waals surface area contributed by atoms with E-state index < -0.39 is 0 Å². The van der Waals surface area contributed by atoms with Crippen LogP contribution in [0.5, 0.6) is 0 Å². The minimum Gasteiger partial charge on any atom is -0.469 e. The quantitative estimate of drug-likeness (QED) is 0.792. The molecule has 0 radical (unpaired) electrons. The average molecular weight is 290 g/mol. The van der Waals surface area contributed by atoms with Crippen molar-refractivity contribution in [3.05, 3.63) is 40.9 Å². The van der Waals surface area contributed by atoms with Crippen molar-refractivity contribution >= 4 is 28.1 Å². The summed E-state index contributed by atoms with van der Waals surface area (Å²) in [6.45, 7) is 2.07. The van der Waals surface area contributed by atoms with Crippen LogP contribution >= 0.6 is 11.3 Å². The number of anilines is 2. The molecule has 0 aliphatic rings. The van der Waals surface area contributed by atoms with Crippen LogP contribution in [-0.4, -0.2) is 25.1 Å². The lowest BCUT2D eigenvalue weighted by Gasteiger charge is -2.16. The number of hydrogen-bond donors (Lipinski definition) is 0. The van der Waals surface area contributed by atoms with Crippen molar-refractivity contribution in [3.8, 4) is 0 Å². The van der Waals surface area contributed by atoms with Crippen LogP contribution < -0.4 is 4.90 Å². The molecule has 0 saturated heterocycles. The van der Waals surface area contributed by atoms with Crippen molar-refractivity contribution in [2.24, 2.45) is 0 Å². The Balaban J connectivity index is 2.06. The van der Waals surface area contributed by atoms with E-state index >= 15 is 0 Å². The zero-order valence-electron chi connectivity index (χ0n) is 11.9. The zero-order valence-corrected chi connectivity index (χ0v) is 12.7. The Bertz CT molecular complexity index is 595. The second-order valence-electron chi connectivity index (χ2n) is 4.60. The molecule has 0 saturated carbocycles. The Morgan fingerprint density at radius 3 is 2.95 bits per heavy atom. The molecule has 2 rings (SSSR count). The maximum absolute atomic E-state index is 11.1. The third-order valence-corrected chi connectivity index (χ3v) is 3.99. The summed E-state index contributed by atoms with van der Waals surface area (Å²) >= 11 is 1.58. The summed E-state index contributed by atoms with van der Waals surface area (Å²) in [6, 6.07) is 8.28. The molecule has 0 aliphatic heterocycles. The first-order valence-electron chi connectivity index (χ1n) is 6.42. The molecule has 2 aromatic rings. The average Bonchev–Trinajstić information content (AvgIpc) is 2.92. The molecule has 0 bridgehead atoms. The second-order valence-corrected chi connectivity index (χ2v) is 5.43. The van der Waals surface area contributed by atoms with E-state index in [4.69, 9.17) is 0 Å². The summed E-state index contributed by atoms with van der Waals surface area (Å²) in [7, 11) is 3.40. The van der Waals surface area contributed by atoms with Crippen molar-refractivity contribution in [3.63, 3.8) is 0 Å².